The highest BCUT2D eigenvalue weighted by Gasteiger charge is 2.39. The standard InChI is InChI=1S/C11H19F3N2O2/c1-2-10(3-4-15-7-10)9(17)16-5-6-18-8-11(12,13)14/h15H,2-8H2,1H3,(H,16,17). The first-order valence-corrected chi connectivity index (χ1v) is 6.03. The number of rotatable bonds is 6. The fourth-order valence-electron chi connectivity index (χ4n) is 2.01. The minimum atomic E-state index is -4.32. The Morgan fingerprint density at radius 2 is 2.22 bits per heavy atom. The molecule has 0 aromatic rings. The molecule has 1 heterocycles. The quantitative estimate of drug-likeness (QED) is 0.709. The van der Waals surface area contributed by atoms with E-state index in [1.807, 2.05) is 6.92 Å². The molecule has 1 aliphatic rings. The molecule has 2 N–H and O–H groups in total. The fourth-order valence-corrected chi connectivity index (χ4v) is 2.01. The molecule has 1 rings (SSSR count). The van der Waals surface area contributed by atoms with Gasteiger partial charge in [-0.25, -0.2) is 0 Å². The maximum absolute atomic E-state index is 11.9. The third kappa shape index (κ3) is 4.45. The summed E-state index contributed by atoms with van der Waals surface area (Å²) in [5, 5.41) is 5.76. The van der Waals surface area contributed by atoms with Crippen molar-refractivity contribution in [3.05, 3.63) is 0 Å². The predicted molar refractivity (Wildman–Crippen MR) is 60.1 cm³/mol. The van der Waals surface area contributed by atoms with E-state index in [-0.39, 0.29) is 19.1 Å². The molecule has 1 atom stereocenters. The number of nitrogens with one attached hydrogen (secondary N) is 2. The smallest absolute Gasteiger partial charge is 0.370 e. The van der Waals surface area contributed by atoms with Crippen molar-refractivity contribution in [1.29, 1.82) is 0 Å². The second-order valence-corrected chi connectivity index (χ2v) is 4.48. The largest absolute Gasteiger partial charge is 0.411 e. The van der Waals surface area contributed by atoms with Crippen molar-refractivity contribution in [1.82, 2.24) is 10.6 Å². The zero-order valence-electron chi connectivity index (χ0n) is 10.4. The van der Waals surface area contributed by atoms with Crippen LogP contribution in [0, 0.1) is 5.41 Å². The molecule has 0 aliphatic carbocycles. The Hall–Kier alpha value is -0.820. The molecule has 1 unspecified atom stereocenters. The third-order valence-electron chi connectivity index (χ3n) is 3.20. The van der Waals surface area contributed by atoms with E-state index in [1.165, 1.54) is 0 Å². The first-order valence-electron chi connectivity index (χ1n) is 6.03. The minimum Gasteiger partial charge on any atom is -0.370 e. The molecule has 1 aliphatic heterocycles. The molecule has 18 heavy (non-hydrogen) atoms. The summed E-state index contributed by atoms with van der Waals surface area (Å²) >= 11 is 0. The Balaban J connectivity index is 2.21. The van der Waals surface area contributed by atoms with Gasteiger partial charge in [0.2, 0.25) is 5.91 Å². The average Bonchev–Trinajstić information content (AvgIpc) is 2.76. The Kier molecular flexibility index (Phi) is 5.40. The van der Waals surface area contributed by atoms with Gasteiger partial charge in [-0.15, -0.1) is 0 Å². The number of hydrogen-bond donors (Lipinski definition) is 2. The van der Waals surface area contributed by atoms with Crippen LogP contribution in [0.25, 0.3) is 0 Å². The van der Waals surface area contributed by atoms with Crippen molar-refractivity contribution in [2.75, 3.05) is 32.8 Å². The first kappa shape index (κ1) is 15.2. The SMILES string of the molecule is CCC1(C(=O)NCCOCC(F)(F)F)CCNC1. The van der Waals surface area contributed by atoms with Gasteiger partial charge in [0.15, 0.2) is 0 Å². The summed E-state index contributed by atoms with van der Waals surface area (Å²) in [6.07, 6.45) is -2.84. The molecular formula is C11H19F3N2O2. The van der Waals surface area contributed by atoms with Gasteiger partial charge in [-0.1, -0.05) is 6.92 Å². The van der Waals surface area contributed by atoms with Gasteiger partial charge in [-0.3, -0.25) is 4.79 Å². The van der Waals surface area contributed by atoms with Gasteiger partial charge in [0.1, 0.15) is 6.61 Å². The van der Waals surface area contributed by atoms with E-state index in [4.69, 9.17) is 0 Å². The molecule has 4 nitrogen and oxygen atoms in total. The van der Waals surface area contributed by atoms with E-state index in [0.717, 1.165) is 19.4 Å². The molecule has 1 saturated heterocycles. The molecule has 0 bridgehead atoms. The van der Waals surface area contributed by atoms with Crippen LogP contribution < -0.4 is 10.6 Å². The van der Waals surface area contributed by atoms with Crippen LogP contribution in [0.1, 0.15) is 19.8 Å². The summed E-state index contributed by atoms with van der Waals surface area (Å²) in [7, 11) is 0. The molecular weight excluding hydrogens is 249 g/mol. The molecule has 0 spiro atoms. The molecule has 7 heteroatoms. The Bertz CT molecular complexity index is 276. The summed E-state index contributed by atoms with van der Waals surface area (Å²) in [4.78, 5) is 11.9. The maximum Gasteiger partial charge on any atom is 0.411 e. The topological polar surface area (TPSA) is 50.4 Å². The number of ether oxygens (including phenoxy) is 1. The van der Waals surface area contributed by atoms with Crippen LogP contribution in [0.3, 0.4) is 0 Å². The van der Waals surface area contributed by atoms with Gasteiger partial charge in [-0.05, 0) is 19.4 Å². The number of halogens is 3. The van der Waals surface area contributed by atoms with Gasteiger partial charge >= 0.3 is 6.18 Å². The summed E-state index contributed by atoms with van der Waals surface area (Å²) in [5.74, 6) is -0.106. The van der Waals surface area contributed by atoms with Crippen molar-refractivity contribution in [2.45, 2.75) is 25.9 Å². The van der Waals surface area contributed by atoms with E-state index < -0.39 is 18.2 Å². The maximum atomic E-state index is 11.9. The lowest BCUT2D eigenvalue weighted by Gasteiger charge is -2.25. The average molecular weight is 268 g/mol. The van der Waals surface area contributed by atoms with Crippen molar-refractivity contribution < 1.29 is 22.7 Å². The summed E-state index contributed by atoms with van der Waals surface area (Å²) in [6, 6.07) is 0. The Morgan fingerprint density at radius 3 is 2.72 bits per heavy atom. The van der Waals surface area contributed by atoms with Gasteiger partial charge in [0.25, 0.3) is 0 Å². The molecule has 0 radical (unpaired) electrons. The van der Waals surface area contributed by atoms with Crippen LogP contribution in [0.15, 0.2) is 0 Å². The van der Waals surface area contributed by atoms with E-state index in [2.05, 4.69) is 15.4 Å². The Morgan fingerprint density at radius 1 is 1.50 bits per heavy atom. The lowest BCUT2D eigenvalue weighted by Crippen LogP contribution is -2.43. The highest BCUT2D eigenvalue weighted by Crippen LogP contribution is 2.29. The Labute approximate surface area is 104 Å². The number of hydrogen-bond acceptors (Lipinski definition) is 3. The van der Waals surface area contributed by atoms with Gasteiger partial charge in [0, 0.05) is 13.1 Å². The lowest BCUT2D eigenvalue weighted by molar-refractivity contribution is -0.173. The summed E-state index contributed by atoms with van der Waals surface area (Å²) < 4.78 is 39.8. The van der Waals surface area contributed by atoms with Crippen molar-refractivity contribution in [2.24, 2.45) is 5.41 Å². The molecule has 106 valence electrons. The van der Waals surface area contributed by atoms with Crippen LogP contribution in [-0.2, 0) is 9.53 Å². The second-order valence-electron chi connectivity index (χ2n) is 4.48. The first-order chi connectivity index (χ1) is 8.40. The molecule has 1 fully saturated rings. The molecule has 1 amide bonds. The van der Waals surface area contributed by atoms with Crippen LogP contribution in [0.5, 0.6) is 0 Å². The third-order valence-corrected chi connectivity index (χ3v) is 3.20. The van der Waals surface area contributed by atoms with Crippen molar-refractivity contribution in [3.8, 4) is 0 Å². The summed E-state index contributed by atoms with van der Waals surface area (Å²) in [5.41, 5.74) is -0.413. The molecule has 0 saturated carbocycles. The molecule has 0 aromatic heterocycles. The van der Waals surface area contributed by atoms with Crippen LogP contribution in [0.4, 0.5) is 13.2 Å². The van der Waals surface area contributed by atoms with Crippen molar-refractivity contribution >= 4 is 5.91 Å². The monoisotopic (exact) mass is 268 g/mol. The fraction of sp³-hybridized carbons (Fsp3) is 0.909. The second kappa shape index (κ2) is 6.38. The van der Waals surface area contributed by atoms with E-state index >= 15 is 0 Å². The zero-order chi connectivity index (χ0) is 13.6. The number of carbonyl (C=O) groups excluding carboxylic acids is 1. The zero-order valence-corrected chi connectivity index (χ0v) is 10.4. The highest BCUT2D eigenvalue weighted by molar-refractivity contribution is 5.83. The lowest BCUT2D eigenvalue weighted by atomic mass is 9.83. The number of alkyl halides is 3. The van der Waals surface area contributed by atoms with Crippen LogP contribution in [-0.4, -0.2) is 44.9 Å². The van der Waals surface area contributed by atoms with E-state index in [9.17, 15) is 18.0 Å². The van der Waals surface area contributed by atoms with Gasteiger partial charge < -0.3 is 15.4 Å². The predicted octanol–water partition coefficient (Wildman–Crippen LogP) is 1.07. The normalized spacial score (nSPS) is 24.2. The summed E-state index contributed by atoms with van der Waals surface area (Å²) in [6.45, 7) is 2.07. The number of carbonyl (C=O) groups is 1. The van der Waals surface area contributed by atoms with E-state index in [1.54, 1.807) is 0 Å². The minimum absolute atomic E-state index is 0.106. The van der Waals surface area contributed by atoms with Crippen LogP contribution in [0.2, 0.25) is 0 Å². The highest BCUT2D eigenvalue weighted by atomic mass is 19.4. The van der Waals surface area contributed by atoms with Crippen LogP contribution >= 0.6 is 0 Å². The number of amides is 1. The molecule has 0 aromatic carbocycles. The van der Waals surface area contributed by atoms with Gasteiger partial charge in [-0.2, -0.15) is 13.2 Å². The van der Waals surface area contributed by atoms with Gasteiger partial charge in [0.05, 0.1) is 12.0 Å². The van der Waals surface area contributed by atoms with E-state index in [0.29, 0.717) is 6.54 Å². The van der Waals surface area contributed by atoms with Crippen molar-refractivity contribution in [3.63, 3.8) is 0 Å².